The number of anilines is 2. The summed E-state index contributed by atoms with van der Waals surface area (Å²) < 4.78 is 13.5. The van der Waals surface area contributed by atoms with Crippen molar-refractivity contribution in [3.8, 4) is 0 Å². The Morgan fingerprint density at radius 2 is 2.05 bits per heavy atom. The van der Waals surface area contributed by atoms with Crippen LogP contribution in [0.25, 0.3) is 0 Å². The first-order valence-electron chi connectivity index (χ1n) is 7.06. The number of carbonyl (C=O) groups excluding carboxylic acids is 1. The zero-order valence-electron chi connectivity index (χ0n) is 11.2. The van der Waals surface area contributed by atoms with Crippen molar-refractivity contribution < 1.29 is 9.18 Å². The van der Waals surface area contributed by atoms with Crippen LogP contribution < -0.4 is 10.2 Å². The van der Waals surface area contributed by atoms with Crippen molar-refractivity contribution in [1.82, 2.24) is 0 Å². The molecule has 1 saturated carbocycles. The molecule has 0 radical (unpaired) electrons. The summed E-state index contributed by atoms with van der Waals surface area (Å²) in [7, 11) is 0. The Bertz CT molecular complexity index is 509. The van der Waals surface area contributed by atoms with Gasteiger partial charge in [-0.1, -0.05) is 19.3 Å². The van der Waals surface area contributed by atoms with Crippen LogP contribution in [0.2, 0.25) is 0 Å². The highest BCUT2D eigenvalue weighted by Gasteiger charge is 2.47. The first kappa shape index (κ1) is 12.5. The maximum absolute atomic E-state index is 13.5. The van der Waals surface area contributed by atoms with Crippen LogP contribution in [0.1, 0.15) is 39.0 Å². The summed E-state index contributed by atoms with van der Waals surface area (Å²) in [5, 5.41) is 2.96. The minimum atomic E-state index is -0.464. The van der Waals surface area contributed by atoms with E-state index in [1.807, 2.05) is 6.92 Å². The van der Waals surface area contributed by atoms with Crippen LogP contribution in [-0.2, 0) is 4.79 Å². The Morgan fingerprint density at radius 3 is 2.74 bits per heavy atom. The molecule has 1 heterocycles. The maximum atomic E-state index is 13.5. The molecular weight excluding hydrogens is 243 g/mol. The van der Waals surface area contributed by atoms with E-state index in [9.17, 15) is 9.18 Å². The van der Waals surface area contributed by atoms with Gasteiger partial charge in [-0.05, 0) is 38.0 Å². The van der Waals surface area contributed by atoms with E-state index in [0.717, 1.165) is 43.6 Å². The third-order valence-electron chi connectivity index (χ3n) is 4.44. The molecule has 3 rings (SSSR count). The van der Waals surface area contributed by atoms with Crippen molar-refractivity contribution >= 4 is 17.3 Å². The normalized spacial score (nSPS) is 21.2. The van der Waals surface area contributed by atoms with Gasteiger partial charge in [-0.2, -0.15) is 0 Å². The zero-order valence-corrected chi connectivity index (χ0v) is 11.2. The standard InChI is InChI=1S/C15H19FN2O/c1-2-18-13-10-11(16)6-7-12(13)17-14(19)15(18)8-4-3-5-9-15/h6-7,10H,2-5,8-9H2,1H3,(H,17,19). The third kappa shape index (κ3) is 1.81. The number of benzene rings is 1. The van der Waals surface area contributed by atoms with Gasteiger partial charge in [0.1, 0.15) is 11.4 Å². The van der Waals surface area contributed by atoms with Gasteiger partial charge in [0, 0.05) is 6.54 Å². The van der Waals surface area contributed by atoms with E-state index in [4.69, 9.17) is 0 Å². The van der Waals surface area contributed by atoms with Crippen molar-refractivity contribution in [2.45, 2.75) is 44.6 Å². The molecule has 102 valence electrons. The lowest BCUT2D eigenvalue weighted by atomic mass is 9.77. The first-order chi connectivity index (χ1) is 9.17. The number of fused-ring (bicyclic) bond motifs is 1. The third-order valence-corrected chi connectivity index (χ3v) is 4.44. The second-order valence-electron chi connectivity index (χ2n) is 5.45. The molecule has 1 N–H and O–H groups in total. The zero-order chi connectivity index (χ0) is 13.5. The average Bonchev–Trinajstić information content (AvgIpc) is 2.42. The summed E-state index contributed by atoms with van der Waals surface area (Å²) >= 11 is 0. The summed E-state index contributed by atoms with van der Waals surface area (Å²) in [6.07, 6.45) is 5.04. The number of nitrogens with one attached hydrogen (secondary N) is 1. The van der Waals surface area contributed by atoms with E-state index in [0.29, 0.717) is 0 Å². The molecule has 1 aromatic carbocycles. The Hall–Kier alpha value is -1.58. The van der Waals surface area contributed by atoms with Crippen LogP contribution in [0.5, 0.6) is 0 Å². The van der Waals surface area contributed by atoms with Crippen LogP contribution in [0.4, 0.5) is 15.8 Å². The molecule has 4 heteroatoms. The highest BCUT2D eigenvalue weighted by molar-refractivity contribution is 6.06. The van der Waals surface area contributed by atoms with Crippen molar-refractivity contribution in [2.24, 2.45) is 0 Å². The van der Waals surface area contributed by atoms with Gasteiger partial charge < -0.3 is 10.2 Å². The number of nitrogens with zero attached hydrogens (tertiary/aromatic N) is 1. The summed E-state index contributed by atoms with van der Waals surface area (Å²) in [5.74, 6) is -0.174. The van der Waals surface area contributed by atoms with Gasteiger partial charge in [-0.25, -0.2) is 4.39 Å². The number of hydrogen-bond acceptors (Lipinski definition) is 2. The summed E-state index contributed by atoms with van der Waals surface area (Å²) in [6, 6.07) is 4.58. The van der Waals surface area contributed by atoms with Gasteiger partial charge in [0.2, 0.25) is 5.91 Å². The highest BCUT2D eigenvalue weighted by atomic mass is 19.1. The molecule has 0 unspecified atom stereocenters. The average molecular weight is 262 g/mol. The number of halogens is 1. The van der Waals surface area contributed by atoms with Gasteiger partial charge in [0.15, 0.2) is 0 Å². The SMILES string of the molecule is CCN1c2cc(F)ccc2NC(=O)C12CCCCC2. The summed E-state index contributed by atoms with van der Waals surface area (Å²) in [6.45, 7) is 2.76. The Labute approximate surface area is 112 Å². The number of rotatable bonds is 1. The Kier molecular flexibility index (Phi) is 2.96. The molecule has 3 nitrogen and oxygen atoms in total. The molecule has 1 amide bonds. The topological polar surface area (TPSA) is 32.3 Å². The van der Waals surface area contributed by atoms with Crippen molar-refractivity contribution in [3.63, 3.8) is 0 Å². The Balaban J connectivity index is 2.10. The van der Waals surface area contributed by atoms with Gasteiger partial charge in [-0.15, -0.1) is 0 Å². The van der Waals surface area contributed by atoms with Crippen LogP contribution in [-0.4, -0.2) is 18.0 Å². The van der Waals surface area contributed by atoms with E-state index < -0.39 is 5.54 Å². The van der Waals surface area contributed by atoms with Crippen molar-refractivity contribution in [1.29, 1.82) is 0 Å². The van der Waals surface area contributed by atoms with Gasteiger partial charge in [0.05, 0.1) is 11.4 Å². The molecule has 19 heavy (non-hydrogen) atoms. The van der Waals surface area contributed by atoms with Gasteiger partial charge in [-0.3, -0.25) is 4.79 Å². The Morgan fingerprint density at radius 1 is 1.32 bits per heavy atom. The molecule has 1 aliphatic heterocycles. The van der Waals surface area contributed by atoms with Crippen LogP contribution in [0.15, 0.2) is 18.2 Å². The molecule has 2 aliphatic rings. The fourth-order valence-electron chi connectivity index (χ4n) is 3.53. The molecular formula is C15H19FN2O. The maximum Gasteiger partial charge on any atom is 0.250 e. The lowest BCUT2D eigenvalue weighted by molar-refractivity contribution is -0.122. The fourth-order valence-corrected chi connectivity index (χ4v) is 3.53. The quantitative estimate of drug-likeness (QED) is 0.842. The fraction of sp³-hybridized carbons (Fsp3) is 0.533. The van der Waals surface area contributed by atoms with Crippen molar-refractivity contribution in [2.75, 3.05) is 16.8 Å². The van der Waals surface area contributed by atoms with E-state index in [2.05, 4.69) is 10.2 Å². The van der Waals surface area contributed by atoms with Gasteiger partial charge in [0.25, 0.3) is 0 Å². The van der Waals surface area contributed by atoms with E-state index in [1.165, 1.54) is 18.6 Å². The van der Waals surface area contributed by atoms with Crippen LogP contribution in [0, 0.1) is 5.82 Å². The molecule has 0 atom stereocenters. The monoisotopic (exact) mass is 262 g/mol. The predicted octanol–water partition coefficient (Wildman–Crippen LogP) is 3.31. The molecule has 0 aromatic heterocycles. The summed E-state index contributed by atoms with van der Waals surface area (Å²) in [4.78, 5) is 14.6. The lowest BCUT2D eigenvalue weighted by Gasteiger charge is -2.49. The van der Waals surface area contributed by atoms with Crippen LogP contribution >= 0.6 is 0 Å². The molecule has 0 bridgehead atoms. The van der Waals surface area contributed by atoms with Gasteiger partial charge >= 0.3 is 0 Å². The van der Waals surface area contributed by atoms with E-state index in [1.54, 1.807) is 6.07 Å². The second-order valence-corrected chi connectivity index (χ2v) is 5.45. The van der Waals surface area contributed by atoms with Crippen molar-refractivity contribution in [3.05, 3.63) is 24.0 Å². The second kappa shape index (κ2) is 4.51. The highest BCUT2D eigenvalue weighted by Crippen LogP contribution is 2.44. The minimum absolute atomic E-state index is 0.0770. The largest absolute Gasteiger partial charge is 0.356 e. The number of hydrogen-bond donors (Lipinski definition) is 1. The molecule has 1 fully saturated rings. The predicted molar refractivity (Wildman–Crippen MR) is 73.9 cm³/mol. The number of carbonyl (C=O) groups is 1. The molecule has 1 spiro atoms. The number of likely N-dealkylation sites (N-methyl/N-ethyl adjacent to an activating group) is 1. The summed E-state index contributed by atoms with van der Waals surface area (Å²) in [5.41, 5.74) is 1.08. The van der Waals surface area contributed by atoms with E-state index in [-0.39, 0.29) is 11.7 Å². The molecule has 0 saturated heterocycles. The minimum Gasteiger partial charge on any atom is -0.356 e. The number of amides is 1. The van der Waals surface area contributed by atoms with E-state index >= 15 is 0 Å². The lowest BCUT2D eigenvalue weighted by Crippen LogP contribution is -2.60. The molecule has 1 aromatic rings. The van der Waals surface area contributed by atoms with Crippen LogP contribution in [0.3, 0.4) is 0 Å². The molecule has 1 aliphatic carbocycles. The smallest absolute Gasteiger partial charge is 0.250 e. The first-order valence-corrected chi connectivity index (χ1v) is 7.06.